The molecule has 8 nitrogen and oxygen atoms in total. The molecule has 3 aromatic heterocycles. The van der Waals surface area contributed by atoms with Gasteiger partial charge in [-0.1, -0.05) is 0 Å². The zero-order valence-corrected chi connectivity index (χ0v) is 16.0. The molecule has 1 amide bonds. The smallest absolute Gasteiger partial charge is 0.341 e. The van der Waals surface area contributed by atoms with Crippen LogP contribution in [0.3, 0.4) is 0 Å². The third-order valence-electron chi connectivity index (χ3n) is 4.74. The molecule has 170 valence electrons. The Bertz CT molecular complexity index is 1200. The molecule has 1 aliphatic heterocycles. The number of hydrogen-bond acceptors (Lipinski definition) is 5. The van der Waals surface area contributed by atoms with Gasteiger partial charge in [0.1, 0.15) is 5.69 Å². The molecule has 15 heteroatoms. The van der Waals surface area contributed by atoms with Crippen molar-refractivity contribution in [1.82, 2.24) is 34.8 Å². The molecule has 0 fully saturated rings. The summed E-state index contributed by atoms with van der Waals surface area (Å²) < 4.78 is 93.2. The van der Waals surface area contributed by atoms with Crippen molar-refractivity contribution in [2.24, 2.45) is 7.05 Å². The van der Waals surface area contributed by atoms with Gasteiger partial charge in [0.05, 0.1) is 23.6 Å². The third-order valence-corrected chi connectivity index (χ3v) is 4.74. The number of pyridine rings is 1. The molecule has 3 aromatic rings. The molecular weight excluding hydrogens is 451 g/mol. The van der Waals surface area contributed by atoms with Crippen LogP contribution >= 0.6 is 0 Å². The van der Waals surface area contributed by atoms with Gasteiger partial charge in [-0.3, -0.25) is 9.48 Å². The molecule has 1 atom stereocenters. The van der Waals surface area contributed by atoms with E-state index in [2.05, 4.69) is 25.5 Å². The summed E-state index contributed by atoms with van der Waals surface area (Å²) in [5.41, 5.74) is -1.49. The summed E-state index contributed by atoms with van der Waals surface area (Å²) in [6.07, 6.45) is -8.87. The molecule has 0 saturated carbocycles. The number of aromatic nitrogens is 6. The number of rotatable bonds is 3. The standard InChI is InChI=1S/C17H12F7N7O/c1-30-13(27-15(29-30)17(22,23)24)14(32)26-9-2-3-31-11(9)5-10(28-31)7-4-12(16(19,20)21)25-6-8(7)18/h4-6,9H,2-3H2,1H3,(H,26,32)/t9-/m0/s1. The number of carbonyl (C=O) groups excluding carboxylic acids is 1. The van der Waals surface area contributed by atoms with Gasteiger partial charge in [0.15, 0.2) is 5.82 Å². The van der Waals surface area contributed by atoms with E-state index >= 15 is 0 Å². The van der Waals surface area contributed by atoms with Gasteiger partial charge in [0.2, 0.25) is 5.82 Å². The van der Waals surface area contributed by atoms with Crippen molar-refractivity contribution in [3.8, 4) is 11.3 Å². The van der Waals surface area contributed by atoms with Crippen molar-refractivity contribution in [2.45, 2.75) is 31.4 Å². The molecule has 0 saturated heterocycles. The number of fused-ring (bicyclic) bond motifs is 1. The fourth-order valence-electron chi connectivity index (χ4n) is 3.28. The topological polar surface area (TPSA) is 90.5 Å². The Morgan fingerprint density at radius 1 is 1.12 bits per heavy atom. The van der Waals surface area contributed by atoms with Crippen LogP contribution in [-0.4, -0.2) is 35.4 Å². The van der Waals surface area contributed by atoms with E-state index in [-0.39, 0.29) is 12.2 Å². The summed E-state index contributed by atoms with van der Waals surface area (Å²) in [7, 11) is 1.12. The monoisotopic (exact) mass is 463 g/mol. The van der Waals surface area contributed by atoms with E-state index in [0.717, 1.165) is 7.05 Å². The van der Waals surface area contributed by atoms with Crippen molar-refractivity contribution < 1.29 is 35.5 Å². The Morgan fingerprint density at radius 3 is 2.47 bits per heavy atom. The van der Waals surface area contributed by atoms with Crippen LogP contribution in [0.5, 0.6) is 0 Å². The maximum atomic E-state index is 14.1. The summed E-state index contributed by atoms with van der Waals surface area (Å²) in [6.45, 7) is 0.242. The highest BCUT2D eigenvalue weighted by Crippen LogP contribution is 2.34. The SMILES string of the molecule is Cn1nc(C(F)(F)F)nc1C(=O)N[C@H]1CCn2nc(-c3cc(C(F)(F)F)ncc3F)cc21. The minimum absolute atomic E-state index is 0.109. The lowest BCUT2D eigenvalue weighted by molar-refractivity contribution is -0.145. The summed E-state index contributed by atoms with van der Waals surface area (Å²) in [4.78, 5) is 18.7. The zero-order chi connectivity index (χ0) is 23.4. The molecular formula is C17H12F7N7O. The number of amides is 1. The Hall–Kier alpha value is -3.52. The highest BCUT2D eigenvalue weighted by molar-refractivity contribution is 5.91. The van der Waals surface area contributed by atoms with Crippen molar-refractivity contribution in [2.75, 3.05) is 0 Å². The van der Waals surface area contributed by atoms with Crippen molar-refractivity contribution >= 4 is 5.91 Å². The van der Waals surface area contributed by atoms with Crippen LogP contribution in [0.4, 0.5) is 30.7 Å². The van der Waals surface area contributed by atoms with Gasteiger partial charge < -0.3 is 5.32 Å². The molecule has 4 heterocycles. The lowest BCUT2D eigenvalue weighted by atomic mass is 10.1. The number of carbonyl (C=O) groups is 1. The van der Waals surface area contributed by atoms with E-state index in [4.69, 9.17) is 0 Å². The maximum absolute atomic E-state index is 14.1. The van der Waals surface area contributed by atoms with E-state index < -0.39 is 53.0 Å². The highest BCUT2D eigenvalue weighted by atomic mass is 19.4. The van der Waals surface area contributed by atoms with Crippen molar-refractivity contribution in [3.05, 3.63) is 47.2 Å². The maximum Gasteiger partial charge on any atom is 0.453 e. The van der Waals surface area contributed by atoms with E-state index in [1.165, 1.54) is 10.7 Å². The lowest BCUT2D eigenvalue weighted by Gasteiger charge is -2.11. The average molecular weight is 463 g/mol. The summed E-state index contributed by atoms with van der Waals surface area (Å²) in [5.74, 6) is -4.01. The normalized spacial score (nSPS) is 16.3. The fraction of sp³-hybridized carbons (Fsp3) is 0.353. The number of alkyl halides is 6. The predicted molar refractivity (Wildman–Crippen MR) is 91.2 cm³/mol. The number of hydrogen-bond donors (Lipinski definition) is 1. The molecule has 0 aromatic carbocycles. The highest BCUT2D eigenvalue weighted by Gasteiger charge is 2.38. The molecule has 0 bridgehead atoms. The number of nitrogens with zero attached hydrogens (tertiary/aromatic N) is 6. The first-order valence-electron chi connectivity index (χ1n) is 8.94. The van der Waals surface area contributed by atoms with Crippen LogP contribution in [0.15, 0.2) is 18.3 Å². The second-order valence-electron chi connectivity index (χ2n) is 6.92. The summed E-state index contributed by atoms with van der Waals surface area (Å²) in [5, 5.41) is 9.74. The van der Waals surface area contributed by atoms with Crippen LogP contribution in [-0.2, 0) is 25.9 Å². The van der Waals surface area contributed by atoms with Crippen LogP contribution in [0, 0.1) is 5.82 Å². The third kappa shape index (κ3) is 3.89. The quantitative estimate of drug-likeness (QED) is 0.603. The van der Waals surface area contributed by atoms with Crippen LogP contribution in [0.1, 0.15) is 40.3 Å². The number of halogens is 7. The van der Waals surface area contributed by atoms with Crippen LogP contribution in [0.25, 0.3) is 11.3 Å². The number of aryl methyl sites for hydroxylation is 2. The molecule has 1 N–H and O–H groups in total. The summed E-state index contributed by atoms with van der Waals surface area (Å²) in [6, 6.07) is 1.09. The first-order chi connectivity index (χ1) is 14.8. The largest absolute Gasteiger partial charge is 0.453 e. The predicted octanol–water partition coefficient (Wildman–Crippen LogP) is 3.13. The lowest BCUT2D eigenvalue weighted by Crippen LogP contribution is -2.29. The zero-order valence-electron chi connectivity index (χ0n) is 16.0. The van der Waals surface area contributed by atoms with Gasteiger partial charge in [-0.15, -0.1) is 5.10 Å². The van der Waals surface area contributed by atoms with Crippen molar-refractivity contribution in [3.63, 3.8) is 0 Å². The van der Waals surface area contributed by atoms with Gasteiger partial charge in [-0.25, -0.2) is 14.1 Å². The van der Waals surface area contributed by atoms with Gasteiger partial charge in [-0.2, -0.15) is 36.4 Å². The Kier molecular flexibility index (Phi) is 4.93. The first-order valence-corrected chi connectivity index (χ1v) is 8.94. The van der Waals surface area contributed by atoms with E-state index in [0.29, 0.717) is 29.1 Å². The van der Waals surface area contributed by atoms with Gasteiger partial charge in [0, 0.05) is 19.2 Å². The van der Waals surface area contributed by atoms with E-state index in [1.54, 1.807) is 0 Å². The van der Waals surface area contributed by atoms with Crippen molar-refractivity contribution in [1.29, 1.82) is 0 Å². The minimum Gasteiger partial charge on any atom is -0.341 e. The van der Waals surface area contributed by atoms with Gasteiger partial charge in [-0.05, 0) is 18.6 Å². The molecule has 0 radical (unpaired) electrons. The van der Waals surface area contributed by atoms with E-state index in [1.807, 2.05) is 0 Å². The van der Waals surface area contributed by atoms with E-state index in [9.17, 15) is 35.5 Å². The summed E-state index contributed by atoms with van der Waals surface area (Å²) >= 11 is 0. The molecule has 0 aliphatic carbocycles. The number of nitrogens with one attached hydrogen (secondary N) is 1. The second-order valence-corrected chi connectivity index (χ2v) is 6.92. The fourth-order valence-corrected chi connectivity index (χ4v) is 3.28. The molecule has 32 heavy (non-hydrogen) atoms. The average Bonchev–Trinajstić information content (AvgIpc) is 3.36. The molecule has 1 aliphatic rings. The van der Waals surface area contributed by atoms with Crippen LogP contribution in [0.2, 0.25) is 0 Å². The molecule has 0 unspecified atom stereocenters. The molecule has 4 rings (SSSR count). The second kappa shape index (κ2) is 7.27. The molecule has 0 spiro atoms. The Labute approximate surface area is 174 Å². The van der Waals surface area contributed by atoms with Gasteiger partial charge >= 0.3 is 12.4 Å². The minimum atomic E-state index is -4.83. The van der Waals surface area contributed by atoms with Gasteiger partial charge in [0.25, 0.3) is 11.7 Å². The van der Waals surface area contributed by atoms with Crippen LogP contribution < -0.4 is 5.32 Å². The Balaban J connectivity index is 1.59. The first kappa shape index (κ1) is 21.7. The Morgan fingerprint density at radius 2 is 1.84 bits per heavy atom.